The molecule has 1 aromatic rings. The van der Waals surface area contributed by atoms with E-state index in [1.165, 1.54) is 18.2 Å². The van der Waals surface area contributed by atoms with Crippen molar-refractivity contribution < 1.29 is 19.3 Å². The van der Waals surface area contributed by atoms with Crippen LogP contribution >= 0.6 is 0 Å². The third kappa shape index (κ3) is 4.52. The Morgan fingerprint density at radius 2 is 2.08 bits per heavy atom. The summed E-state index contributed by atoms with van der Waals surface area (Å²) in [6, 6.07) is 4.72. The summed E-state index contributed by atoms with van der Waals surface area (Å²) >= 11 is 0. The number of carbonyl (C=O) groups is 3. The van der Waals surface area contributed by atoms with E-state index >= 15 is 0 Å². The second-order valence-electron chi connectivity index (χ2n) is 5.71. The Kier molecular flexibility index (Phi) is 6.04. The van der Waals surface area contributed by atoms with Crippen LogP contribution in [0.5, 0.6) is 0 Å². The number of carbonyl (C=O) groups excluding carboxylic acids is 3. The zero-order chi connectivity index (χ0) is 18.4. The van der Waals surface area contributed by atoms with Gasteiger partial charge in [0, 0.05) is 19.0 Å². The molecule has 9 nitrogen and oxygen atoms in total. The SMILES string of the molecule is CCCC[C@@H]1NC(=O)N(CCC(=O)Nc2ccccc2[N+](=O)[O-])C1=O. The number of nitro benzene ring substituents is 1. The minimum absolute atomic E-state index is 0.0697. The molecule has 2 rings (SSSR count). The normalized spacial score (nSPS) is 16.7. The number of amides is 4. The van der Waals surface area contributed by atoms with E-state index in [0.29, 0.717) is 6.42 Å². The van der Waals surface area contributed by atoms with Gasteiger partial charge in [-0.05, 0) is 12.5 Å². The van der Waals surface area contributed by atoms with E-state index < -0.39 is 22.9 Å². The molecule has 25 heavy (non-hydrogen) atoms. The molecule has 1 heterocycles. The van der Waals surface area contributed by atoms with Crippen molar-refractivity contribution in [3.05, 3.63) is 34.4 Å². The summed E-state index contributed by atoms with van der Waals surface area (Å²) in [5, 5.41) is 16.0. The molecule has 1 fully saturated rings. The number of benzene rings is 1. The van der Waals surface area contributed by atoms with Gasteiger partial charge in [-0.1, -0.05) is 31.9 Å². The summed E-state index contributed by atoms with van der Waals surface area (Å²) < 4.78 is 0. The molecular formula is C16H20N4O5. The lowest BCUT2D eigenvalue weighted by Crippen LogP contribution is -2.34. The molecule has 0 radical (unpaired) electrons. The molecule has 0 bridgehead atoms. The molecule has 0 unspecified atom stereocenters. The third-order valence-electron chi connectivity index (χ3n) is 3.89. The van der Waals surface area contributed by atoms with Gasteiger partial charge in [-0.25, -0.2) is 4.79 Å². The zero-order valence-electron chi connectivity index (χ0n) is 13.9. The highest BCUT2D eigenvalue weighted by Gasteiger charge is 2.37. The third-order valence-corrected chi connectivity index (χ3v) is 3.89. The molecule has 1 aliphatic heterocycles. The van der Waals surface area contributed by atoms with Crippen molar-refractivity contribution >= 4 is 29.2 Å². The Balaban J connectivity index is 1.91. The lowest BCUT2D eigenvalue weighted by atomic mass is 10.1. The van der Waals surface area contributed by atoms with E-state index in [9.17, 15) is 24.5 Å². The van der Waals surface area contributed by atoms with E-state index in [-0.39, 0.29) is 30.2 Å². The minimum atomic E-state index is -0.592. The van der Waals surface area contributed by atoms with Crippen molar-refractivity contribution in [3.63, 3.8) is 0 Å². The van der Waals surface area contributed by atoms with Crippen molar-refractivity contribution in [2.24, 2.45) is 0 Å². The standard InChI is InChI=1S/C16H20N4O5/c1-2-3-6-12-15(22)19(16(23)18-12)10-9-14(21)17-11-7-4-5-8-13(11)20(24)25/h4-5,7-8,12H,2-3,6,9-10H2,1H3,(H,17,21)(H,18,23)/t12-/m0/s1. The first-order valence-electron chi connectivity index (χ1n) is 8.09. The summed E-state index contributed by atoms with van der Waals surface area (Å²) in [7, 11) is 0. The molecule has 1 aliphatic rings. The molecule has 9 heteroatoms. The number of hydrogen-bond acceptors (Lipinski definition) is 5. The monoisotopic (exact) mass is 348 g/mol. The van der Waals surface area contributed by atoms with E-state index in [1.54, 1.807) is 6.07 Å². The maximum atomic E-state index is 12.2. The smallest absolute Gasteiger partial charge is 0.324 e. The van der Waals surface area contributed by atoms with Crippen molar-refractivity contribution in [1.29, 1.82) is 0 Å². The van der Waals surface area contributed by atoms with E-state index in [0.717, 1.165) is 17.7 Å². The lowest BCUT2D eigenvalue weighted by Gasteiger charge is -2.13. The fourth-order valence-electron chi connectivity index (χ4n) is 2.56. The summed E-state index contributed by atoms with van der Waals surface area (Å²) in [6.45, 7) is 1.92. The molecule has 1 atom stereocenters. The summed E-state index contributed by atoms with van der Waals surface area (Å²) in [5.41, 5.74) is -0.138. The van der Waals surface area contributed by atoms with Gasteiger partial charge in [-0.3, -0.25) is 24.6 Å². The Morgan fingerprint density at radius 1 is 1.36 bits per heavy atom. The van der Waals surface area contributed by atoms with Gasteiger partial charge in [0.1, 0.15) is 11.7 Å². The first-order chi connectivity index (χ1) is 11.9. The van der Waals surface area contributed by atoms with Crippen molar-refractivity contribution in [2.45, 2.75) is 38.6 Å². The van der Waals surface area contributed by atoms with Crippen LogP contribution in [0.15, 0.2) is 24.3 Å². The maximum absolute atomic E-state index is 12.2. The minimum Gasteiger partial charge on any atom is -0.326 e. The van der Waals surface area contributed by atoms with E-state index in [2.05, 4.69) is 10.6 Å². The van der Waals surface area contributed by atoms with Crippen LogP contribution in [-0.4, -0.2) is 40.3 Å². The summed E-state index contributed by atoms with van der Waals surface area (Å²) in [4.78, 5) is 47.4. The van der Waals surface area contributed by atoms with Gasteiger partial charge < -0.3 is 10.6 Å². The van der Waals surface area contributed by atoms with Gasteiger partial charge in [-0.2, -0.15) is 0 Å². The van der Waals surface area contributed by atoms with Crippen LogP contribution in [0.4, 0.5) is 16.2 Å². The molecule has 4 amide bonds. The number of hydrogen-bond donors (Lipinski definition) is 2. The molecular weight excluding hydrogens is 328 g/mol. The van der Waals surface area contributed by atoms with Gasteiger partial charge >= 0.3 is 6.03 Å². The van der Waals surface area contributed by atoms with Crippen molar-refractivity contribution in [2.75, 3.05) is 11.9 Å². The quantitative estimate of drug-likeness (QED) is 0.423. The summed E-state index contributed by atoms with van der Waals surface area (Å²) in [5.74, 6) is -0.844. The number of rotatable bonds is 8. The average molecular weight is 348 g/mol. The van der Waals surface area contributed by atoms with Crippen LogP contribution < -0.4 is 10.6 Å². The Hall–Kier alpha value is -2.97. The second-order valence-corrected chi connectivity index (χ2v) is 5.71. The second kappa shape index (κ2) is 8.22. The van der Waals surface area contributed by atoms with Gasteiger partial charge in [0.05, 0.1) is 4.92 Å². The first-order valence-corrected chi connectivity index (χ1v) is 8.09. The number of anilines is 1. The number of nitrogens with zero attached hydrogens (tertiary/aromatic N) is 2. The predicted molar refractivity (Wildman–Crippen MR) is 89.9 cm³/mol. The average Bonchev–Trinajstić information content (AvgIpc) is 2.85. The molecule has 1 saturated heterocycles. The van der Waals surface area contributed by atoms with Gasteiger partial charge in [0.25, 0.3) is 11.6 Å². The van der Waals surface area contributed by atoms with Gasteiger partial charge in [-0.15, -0.1) is 0 Å². The molecule has 0 spiro atoms. The predicted octanol–water partition coefficient (Wildman–Crippen LogP) is 2.03. The Labute approximate surface area is 144 Å². The van der Waals surface area contributed by atoms with Crippen LogP contribution in [0.3, 0.4) is 0 Å². The van der Waals surface area contributed by atoms with Crippen LogP contribution in [0.25, 0.3) is 0 Å². The number of nitrogens with one attached hydrogen (secondary N) is 2. The molecule has 2 N–H and O–H groups in total. The fraction of sp³-hybridized carbons (Fsp3) is 0.438. The largest absolute Gasteiger partial charge is 0.326 e. The number of unbranched alkanes of at least 4 members (excludes halogenated alkanes) is 1. The van der Waals surface area contributed by atoms with Crippen LogP contribution in [-0.2, 0) is 9.59 Å². The highest BCUT2D eigenvalue weighted by atomic mass is 16.6. The van der Waals surface area contributed by atoms with Gasteiger partial charge in [0.15, 0.2) is 0 Å². The highest BCUT2D eigenvalue weighted by molar-refractivity contribution is 6.04. The summed E-state index contributed by atoms with van der Waals surface area (Å²) in [6.07, 6.45) is 2.17. The fourth-order valence-corrected chi connectivity index (χ4v) is 2.56. The number of nitro groups is 1. The van der Waals surface area contributed by atoms with Crippen molar-refractivity contribution in [3.8, 4) is 0 Å². The van der Waals surface area contributed by atoms with Crippen LogP contribution in [0, 0.1) is 10.1 Å². The first kappa shape index (κ1) is 18.4. The van der Waals surface area contributed by atoms with E-state index in [4.69, 9.17) is 0 Å². The molecule has 0 saturated carbocycles. The van der Waals surface area contributed by atoms with E-state index in [1.807, 2.05) is 6.92 Å². The molecule has 134 valence electrons. The van der Waals surface area contributed by atoms with Gasteiger partial charge in [0.2, 0.25) is 5.91 Å². The molecule has 1 aromatic carbocycles. The lowest BCUT2D eigenvalue weighted by molar-refractivity contribution is -0.383. The zero-order valence-corrected chi connectivity index (χ0v) is 13.9. The molecule has 0 aromatic heterocycles. The maximum Gasteiger partial charge on any atom is 0.324 e. The van der Waals surface area contributed by atoms with Crippen LogP contribution in [0.1, 0.15) is 32.6 Å². The Bertz CT molecular complexity index is 691. The molecule has 0 aliphatic carbocycles. The number of para-hydroxylation sites is 2. The number of urea groups is 1. The Morgan fingerprint density at radius 3 is 2.76 bits per heavy atom. The topological polar surface area (TPSA) is 122 Å². The van der Waals surface area contributed by atoms with Crippen LogP contribution in [0.2, 0.25) is 0 Å². The number of imide groups is 1. The highest BCUT2D eigenvalue weighted by Crippen LogP contribution is 2.23. The van der Waals surface area contributed by atoms with Crippen molar-refractivity contribution in [1.82, 2.24) is 10.2 Å².